The van der Waals surface area contributed by atoms with E-state index in [1.807, 2.05) is 30.3 Å². The number of fused-ring (bicyclic) bond motifs is 6. The number of para-hydroxylation sites is 1. The quantitative estimate of drug-likeness (QED) is 0.205. The molecule has 2 heterocycles. The average molecular weight is 591 g/mol. The van der Waals surface area contributed by atoms with Crippen LogP contribution in [0.2, 0.25) is 0 Å². The Morgan fingerprint density at radius 3 is 1.85 bits per heavy atom. The first kappa shape index (κ1) is 26.6. The fourth-order valence-electron chi connectivity index (χ4n) is 7.17. The zero-order valence-electron chi connectivity index (χ0n) is 25.7. The second-order valence-electron chi connectivity index (χ2n) is 12.6. The molecule has 1 aliphatic carbocycles. The van der Waals surface area contributed by atoms with Gasteiger partial charge in [0, 0.05) is 38.4 Å². The van der Waals surface area contributed by atoms with Crippen LogP contribution in [-0.2, 0) is 5.41 Å². The summed E-state index contributed by atoms with van der Waals surface area (Å²) in [6.07, 6.45) is 0. The van der Waals surface area contributed by atoms with E-state index in [4.69, 9.17) is 14.4 Å². The van der Waals surface area contributed by atoms with Crippen molar-refractivity contribution in [1.82, 2.24) is 9.97 Å². The molecule has 0 fully saturated rings. The van der Waals surface area contributed by atoms with Gasteiger partial charge in [-0.25, -0.2) is 9.97 Å². The Balaban J connectivity index is 1.18. The largest absolute Gasteiger partial charge is 0.456 e. The summed E-state index contributed by atoms with van der Waals surface area (Å²) in [4.78, 5) is 10.5. The van der Waals surface area contributed by atoms with E-state index in [2.05, 4.69) is 129 Å². The normalized spacial score (nSPS) is 13.2. The van der Waals surface area contributed by atoms with Gasteiger partial charge in [-0.3, -0.25) is 0 Å². The average Bonchev–Trinajstić information content (AvgIpc) is 3.60. The van der Waals surface area contributed by atoms with Crippen LogP contribution in [0, 0.1) is 0 Å². The fraction of sp³-hybridized carbons (Fsp3) is 0.0698. The van der Waals surface area contributed by atoms with Gasteiger partial charge in [0.1, 0.15) is 11.2 Å². The molecule has 1 aliphatic rings. The summed E-state index contributed by atoms with van der Waals surface area (Å²) in [5, 5.41) is 2.27. The minimum Gasteiger partial charge on any atom is -0.456 e. The predicted octanol–water partition coefficient (Wildman–Crippen LogP) is 11.4. The summed E-state index contributed by atoms with van der Waals surface area (Å²) >= 11 is 0. The van der Waals surface area contributed by atoms with E-state index in [0.29, 0.717) is 0 Å². The van der Waals surface area contributed by atoms with Crippen LogP contribution in [0.1, 0.15) is 25.0 Å². The van der Waals surface area contributed by atoms with Gasteiger partial charge in [0.05, 0.1) is 11.4 Å². The molecule has 0 bridgehead atoms. The summed E-state index contributed by atoms with van der Waals surface area (Å²) < 4.78 is 6.08. The van der Waals surface area contributed by atoms with E-state index >= 15 is 0 Å². The van der Waals surface area contributed by atoms with Gasteiger partial charge in [-0.1, -0.05) is 129 Å². The van der Waals surface area contributed by atoms with Crippen LogP contribution in [0.4, 0.5) is 0 Å². The number of hydrogen-bond acceptors (Lipinski definition) is 3. The highest BCUT2D eigenvalue weighted by molar-refractivity contribution is 6.06. The van der Waals surface area contributed by atoms with E-state index in [1.54, 1.807) is 0 Å². The molecule has 0 aliphatic heterocycles. The van der Waals surface area contributed by atoms with Gasteiger partial charge in [0.2, 0.25) is 0 Å². The lowest BCUT2D eigenvalue weighted by molar-refractivity contribution is 0.658. The summed E-state index contributed by atoms with van der Waals surface area (Å²) in [6, 6.07) is 51.2. The van der Waals surface area contributed by atoms with Crippen molar-refractivity contribution in [3.05, 3.63) is 157 Å². The number of hydrogen-bond donors (Lipinski definition) is 0. The number of rotatable bonds is 4. The third-order valence-electron chi connectivity index (χ3n) is 9.46. The zero-order chi connectivity index (χ0) is 30.8. The van der Waals surface area contributed by atoms with Gasteiger partial charge < -0.3 is 4.42 Å². The lowest BCUT2D eigenvalue weighted by atomic mass is 9.80. The van der Waals surface area contributed by atoms with Gasteiger partial charge in [-0.15, -0.1) is 0 Å². The zero-order valence-corrected chi connectivity index (χ0v) is 25.7. The molecule has 9 rings (SSSR count). The van der Waals surface area contributed by atoms with Crippen LogP contribution >= 0.6 is 0 Å². The van der Waals surface area contributed by atoms with Crippen LogP contribution < -0.4 is 0 Å². The van der Waals surface area contributed by atoms with E-state index in [-0.39, 0.29) is 5.41 Å². The summed E-state index contributed by atoms with van der Waals surface area (Å²) in [5.74, 6) is 0.747. The van der Waals surface area contributed by atoms with Crippen LogP contribution in [0.5, 0.6) is 0 Å². The topological polar surface area (TPSA) is 38.9 Å². The molecule has 0 saturated carbocycles. The molecule has 3 heteroatoms. The minimum absolute atomic E-state index is 0.234. The molecule has 3 nitrogen and oxygen atoms in total. The second kappa shape index (κ2) is 10.1. The first-order valence-electron chi connectivity index (χ1n) is 15.7. The third kappa shape index (κ3) is 4.13. The highest BCUT2D eigenvalue weighted by Gasteiger charge is 2.40. The highest BCUT2D eigenvalue weighted by Crippen LogP contribution is 2.51. The SMILES string of the molecule is CC1(C)c2ccccc2-c2nc(-c3ccccc3)nc(-c3cccc(-c4cccc(-c5ccc6oc7ccccc7c6c5)c4)c3)c21. The van der Waals surface area contributed by atoms with Crippen molar-refractivity contribution in [3.8, 4) is 56.2 Å². The molecule has 0 unspecified atom stereocenters. The van der Waals surface area contributed by atoms with Crippen LogP contribution in [0.15, 0.2) is 150 Å². The first-order valence-corrected chi connectivity index (χ1v) is 15.7. The molecule has 0 spiro atoms. The lowest BCUT2D eigenvalue weighted by Gasteiger charge is -2.24. The highest BCUT2D eigenvalue weighted by atomic mass is 16.3. The first-order chi connectivity index (χ1) is 22.5. The van der Waals surface area contributed by atoms with E-state index < -0.39 is 0 Å². The fourth-order valence-corrected chi connectivity index (χ4v) is 7.17. The molecule has 46 heavy (non-hydrogen) atoms. The van der Waals surface area contributed by atoms with Gasteiger partial charge in [-0.2, -0.15) is 0 Å². The smallest absolute Gasteiger partial charge is 0.160 e. The van der Waals surface area contributed by atoms with Crippen molar-refractivity contribution >= 4 is 21.9 Å². The maximum Gasteiger partial charge on any atom is 0.160 e. The summed E-state index contributed by atoms with van der Waals surface area (Å²) in [7, 11) is 0. The summed E-state index contributed by atoms with van der Waals surface area (Å²) in [5.41, 5.74) is 14.0. The summed E-state index contributed by atoms with van der Waals surface area (Å²) in [6.45, 7) is 4.58. The third-order valence-corrected chi connectivity index (χ3v) is 9.46. The van der Waals surface area contributed by atoms with Crippen molar-refractivity contribution in [1.29, 1.82) is 0 Å². The number of furan rings is 1. The van der Waals surface area contributed by atoms with Crippen LogP contribution in [0.3, 0.4) is 0 Å². The van der Waals surface area contributed by atoms with Crippen molar-refractivity contribution < 1.29 is 4.42 Å². The molecule has 0 atom stereocenters. The monoisotopic (exact) mass is 590 g/mol. The lowest BCUT2D eigenvalue weighted by Crippen LogP contribution is -2.17. The van der Waals surface area contributed by atoms with Gasteiger partial charge >= 0.3 is 0 Å². The van der Waals surface area contributed by atoms with Gasteiger partial charge in [0.25, 0.3) is 0 Å². The van der Waals surface area contributed by atoms with Crippen LogP contribution in [0.25, 0.3) is 78.1 Å². The number of aromatic nitrogens is 2. The maximum atomic E-state index is 6.08. The minimum atomic E-state index is -0.234. The molecule has 0 N–H and O–H groups in total. The van der Waals surface area contributed by atoms with Crippen LogP contribution in [-0.4, -0.2) is 9.97 Å². The molecule has 0 radical (unpaired) electrons. The number of nitrogens with zero attached hydrogens (tertiary/aromatic N) is 2. The van der Waals surface area contributed by atoms with E-state index in [9.17, 15) is 0 Å². The Labute approximate surface area is 267 Å². The Bertz CT molecular complexity index is 2450. The molecule has 0 amide bonds. The molecule has 6 aromatic carbocycles. The molecular formula is C43H30N2O. The van der Waals surface area contributed by atoms with Crippen molar-refractivity contribution in [2.45, 2.75) is 19.3 Å². The Hall–Kier alpha value is -5.80. The van der Waals surface area contributed by atoms with Crippen molar-refractivity contribution in [3.63, 3.8) is 0 Å². The number of benzene rings is 6. The standard InChI is InChI=1S/C43H30N2O/c1-43(2)36-20-8-6-19-34(36)41-39(43)40(44-42(45-41)27-12-4-3-5-13-27)32-17-11-16-30(25-32)28-14-10-15-29(24-28)31-22-23-38-35(26-31)33-18-7-9-21-37(33)46-38/h3-26H,1-2H3. The van der Waals surface area contributed by atoms with E-state index in [1.165, 1.54) is 22.3 Å². The van der Waals surface area contributed by atoms with Gasteiger partial charge in [0.15, 0.2) is 5.82 Å². The Morgan fingerprint density at radius 2 is 1.04 bits per heavy atom. The maximum absolute atomic E-state index is 6.08. The molecule has 0 saturated heterocycles. The molecule has 8 aromatic rings. The molecule has 2 aromatic heterocycles. The van der Waals surface area contributed by atoms with Gasteiger partial charge in [-0.05, 0) is 58.1 Å². The Kier molecular flexibility index (Phi) is 5.85. The second-order valence-corrected chi connectivity index (χ2v) is 12.6. The predicted molar refractivity (Wildman–Crippen MR) is 189 cm³/mol. The Morgan fingerprint density at radius 1 is 0.457 bits per heavy atom. The molecule has 218 valence electrons. The van der Waals surface area contributed by atoms with Crippen molar-refractivity contribution in [2.24, 2.45) is 0 Å². The molecular weight excluding hydrogens is 560 g/mol. The van der Waals surface area contributed by atoms with Crippen molar-refractivity contribution in [2.75, 3.05) is 0 Å². The van der Waals surface area contributed by atoms with E-state index in [0.717, 1.165) is 67.0 Å².